The Morgan fingerprint density at radius 3 is 3.00 bits per heavy atom. The molecule has 0 atom stereocenters. The molecule has 0 saturated carbocycles. The molecular formula is C10H8N4. The van der Waals surface area contributed by atoms with E-state index >= 15 is 0 Å². The van der Waals surface area contributed by atoms with E-state index < -0.39 is 0 Å². The van der Waals surface area contributed by atoms with E-state index in [1.807, 2.05) is 25.1 Å². The van der Waals surface area contributed by atoms with Gasteiger partial charge in [0, 0.05) is 6.20 Å². The van der Waals surface area contributed by atoms with Crippen LogP contribution in [0.5, 0.6) is 0 Å². The Morgan fingerprint density at radius 2 is 2.29 bits per heavy atom. The van der Waals surface area contributed by atoms with Gasteiger partial charge in [0.05, 0.1) is 6.20 Å². The normalized spacial score (nSPS) is 10.0. The van der Waals surface area contributed by atoms with Crippen molar-refractivity contribution in [2.75, 3.05) is 0 Å². The number of pyridine rings is 1. The minimum absolute atomic E-state index is 0.182. The van der Waals surface area contributed by atoms with Gasteiger partial charge in [-0.2, -0.15) is 5.26 Å². The van der Waals surface area contributed by atoms with Gasteiger partial charge in [0.1, 0.15) is 22.8 Å². The highest BCUT2D eigenvalue weighted by Crippen LogP contribution is 2.00. The van der Waals surface area contributed by atoms with Gasteiger partial charge in [-0.3, -0.25) is 9.81 Å². The van der Waals surface area contributed by atoms with E-state index in [1.54, 1.807) is 10.6 Å². The van der Waals surface area contributed by atoms with E-state index in [4.69, 9.17) is 10.7 Å². The lowest BCUT2D eigenvalue weighted by Crippen LogP contribution is -2.17. The van der Waals surface area contributed by atoms with Crippen molar-refractivity contribution < 1.29 is 0 Å². The molecule has 0 spiro atoms. The maximum Gasteiger partial charge on any atom is 0.150 e. The highest BCUT2D eigenvalue weighted by atomic mass is 15.0. The second-order valence-corrected chi connectivity index (χ2v) is 3.07. The van der Waals surface area contributed by atoms with Crippen molar-refractivity contribution in [1.82, 2.24) is 9.38 Å². The van der Waals surface area contributed by atoms with E-state index in [2.05, 4.69) is 4.98 Å². The maximum atomic E-state index is 8.72. The third kappa shape index (κ3) is 1.15. The number of nitriles is 1. The third-order valence-electron chi connectivity index (χ3n) is 2.02. The van der Waals surface area contributed by atoms with Gasteiger partial charge in [-0.25, -0.2) is 4.98 Å². The molecular weight excluding hydrogens is 176 g/mol. The molecule has 2 aromatic heterocycles. The summed E-state index contributed by atoms with van der Waals surface area (Å²) in [5, 5.41) is 16.5. The Balaban J connectivity index is 2.96. The molecule has 0 saturated heterocycles. The largest absolute Gasteiger partial charge is 0.285 e. The van der Waals surface area contributed by atoms with Crippen molar-refractivity contribution in [2.24, 2.45) is 0 Å². The van der Waals surface area contributed by atoms with Gasteiger partial charge in [0.25, 0.3) is 0 Å². The SMILES string of the molecule is Cc1ccc2ncc(C#N)c(=N)n2c1. The van der Waals surface area contributed by atoms with Gasteiger partial charge < -0.3 is 0 Å². The zero-order chi connectivity index (χ0) is 10.1. The van der Waals surface area contributed by atoms with Gasteiger partial charge in [-0.1, -0.05) is 6.07 Å². The number of nitrogens with one attached hydrogen (secondary N) is 1. The molecule has 14 heavy (non-hydrogen) atoms. The Bertz CT molecular complexity index is 589. The van der Waals surface area contributed by atoms with Crippen LogP contribution in [0.1, 0.15) is 11.1 Å². The van der Waals surface area contributed by atoms with E-state index in [1.165, 1.54) is 6.20 Å². The molecule has 0 amide bonds. The molecule has 0 unspecified atom stereocenters. The number of aromatic nitrogens is 2. The summed E-state index contributed by atoms with van der Waals surface area (Å²) in [5.41, 5.74) is 2.18. The minimum Gasteiger partial charge on any atom is -0.285 e. The summed E-state index contributed by atoms with van der Waals surface area (Å²) in [6, 6.07) is 5.69. The minimum atomic E-state index is 0.182. The summed E-state index contributed by atoms with van der Waals surface area (Å²) >= 11 is 0. The summed E-state index contributed by atoms with van der Waals surface area (Å²) in [6.07, 6.45) is 3.22. The molecule has 2 heterocycles. The van der Waals surface area contributed by atoms with Crippen LogP contribution in [0.4, 0.5) is 0 Å². The molecule has 0 aromatic carbocycles. The molecule has 0 bridgehead atoms. The first-order valence-corrected chi connectivity index (χ1v) is 4.15. The van der Waals surface area contributed by atoms with Crippen LogP contribution >= 0.6 is 0 Å². The summed E-state index contributed by atoms with van der Waals surface area (Å²) < 4.78 is 1.61. The fourth-order valence-electron chi connectivity index (χ4n) is 1.29. The summed E-state index contributed by atoms with van der Waals surface area (Å²) in [5.74, 6) is 0. The smallest absolute Gasteiger partial charge is 0.150 e. The summed E-state index contributed by atoms with van der Waals surface area (Å²) in [7, 11) is 0. The van der Waals surface area contributed by atoms with Crippen LogP contribution in [0.3, 0.4) is 0 Å². The predicted molar refractivity (Wildman–Crippen MR) is 50.5 cm³/mol. The Kier molecular flexibility index (Phi) is 1.79. The number of rotatable bonds is 0. The zero-order valence-corrected chi connectivity index (χ0v) is 7.65. The van der Waals surface area contributed by atoms with Crippen molar-refractivity contribution in [3.05, 3.63) is 41.1 Å². The first-order chi connectivity index (χ1) is 6.72. The molecule has 4 heteroatoms. The number of nitrogens with zero attached hydrogens (tertiary/aromatic N) is 3. The van der Waals surface area contributed by atoms with Gasteiger partial charge >= 0.3 is 0 Å². The molecule has 0 fully saturated rings. The van der Waals surface area contributed by atoms with Crippen LogP contribution in [-0.2, 0) is 0 Å². The van der Waals surface area contributed by atoms with E-state index in [0.717, 1.165) is 5.56 Å². The van der Waals surface area contributed by atoms with E-state index in [9.17, 15) is 0 Å². The standard InChI is InChI=1S/C10H8N4/c1-7-2-3-9-13-5-8(4-11)10(12)14(9)6-7/h2-3,5-6,12H,1H3. The fraction of sp³-hybridized carbons (Fsp3) is 0.100. The monoisotopic (exact) mass is 184 g/mol. The lowest BCUT2D eigenvalue weighted by molar-refractivity contribution is 0.953. The summed E-state index contributed by atoms with van der Waals surface area (Å²) in [4.78, 5) is 4.07. The highest BCUT2D eigenvalue weighted by Gasteiger charge is 1.99. The molecule has 68 valence electrons. The second-order valence-electron chi connectivity index (χ2n) is 3.07. The van der Waals surface area contributed by atoms with Gasteiger partial charge in [-0.05, 0) is 18.6 Å². The predicted octanol–water partition coefficient (Wildman–Crippen LogP) is 0.994. The van der Waals surface area contributed by atoms with Crippen molar-refractivity contribution in [3.8, 4) is 6.07 Å². The van der Waals surface area contributed by atoms with Gasteiger partial charge in [0.2, 0.25) is 0 Å². The zero-order valence-electron chi connectivity index (χ0n) is 7.65. The van der Waals surface area contributed by atoms with Crippen LogP contribution in [0.15, 0.2) is 24.5 Å². The lowest BCUT2D eigenvalue weighted by Gasteiger charge is -2.02. The maximum absolute atomic E-state index is 8.72. The number of fused-ring (bicyclic) bond motifs is 1. The van der Waals surface area contributed by atoms with Gasteiger partial charge in [0.15, 0.2) is 0 Å². The number of hydrogen-bond acceptors (Lipinski definition) is 3. The van der Waals surface area contributed by atoms with Crippen molar-refractivity contribution >= 4 is 5.65 Å². The molecule has 0 aliphatic rings. The number of aryl methyl sites for hydroxylation is 1. The molecule has 2 aromatic rings. The van der Waals surface area contributed by atoms with E-state index in [0.29, 0.717) is 5.65 Å². The van der Waals surface area contributed by atoms with Gasteiger partial charge in [-0.15, -0.1) is 0 Å². The Hall–Kier alpha value is -2.15. The third-order valence-corrected chi connectivity index (χ3v) is 2.02. The van der Waals surface area contributed by atoms with Crippen LogP contribution in [0, 0.1) is 23.7 Å². The molecule has 0 aliphatic carbocycles. The van der Waals surface area contributed by atoms with Crippen molar-refractivity contribution in [1.29, 1.82) is 10.7 Å². The average molecular weight is 184 g/mol. The Morgan fingerprint density at radius 1 is 1.50 bits per heavy atom. The first-order valence-electron chi connectivity index (χ1n) is 4.15. The Labute approximate surface area is 80.6 Å². The highest BCUT2D eigenvalue weighted by molar-refractivity contribution is 5.41. The quantitative estimate of drug-likeness (QED) is 0.663. The summed E-state index contributed by atoms with van der Waals surface area (Å²) in [6.45, 7) is 1.94. The van der Waals surface area contributed by atoms with Crippen LogP contribution in [0.25, 0.3) is 5.65 Å². The van der Waals surface area contributed by atoms with E-state index in [-0.39, 0.29) is 11.1 Å². The number of hydrogen-bond donors (Lipinski definition) is 1. The topological polar surface area (TPSA) is 64.9 Å². The van der Waals surface area contributed by atoms with Crippen LogP contribution in [0.2, 0.25) is 0 Å². The molecule has 0 radical (unpaired) electrons. The fourth-order valence-corrected chi connectivity index (χ4v) is 1.29. The molecule has 1 N–H and O–H groups in total. The van der Waals surface area contributed by atoms with Crippen LogP contribution in [-0.4, -0.2) is 9.38 Å². The lowest BCUT2D eigenvalue weighted by atomic mass is 10.3. The second kappa shape index (κ2) is 2.96. The molecule has 4 nitrogen and oxygen atoms in total. The van der Waals surface area contributed by atoms with Crippen molar-refractivity contribution in [3.63, 3.8) is 0 Å². The molecule has 0 aliphatic heterocycles. The molecule has 2 rings (SSSR count). The van der Waals surface area contributed by atoms with Crippen molar-refractivity contribution in [2.45, 2.75) is 6.92 Å². The van der Waals surface area contributed by atoms with Crippen LogP contribution < -0.4 is 5.49 Å². The first kappa shape index (κ1) is 8.45. The average Bonchev–Trinajstić information content (AvgIpc) is 2.20.